The first kappa shape index (κ1) is 22.6. The first-order chi connectivity index (χ1) is 13.8. The van der Waals surface area contributed by atoms with E-state index in [-0.39, 0.29) is 22.5 Å². The number of halogens is 4. The van der Waals surface area contributed by atoms with Gasteiger partial charge in [-0.2, -0.15) is 13.2 Å². The molecule has 1 N–H and O–H groups in total. The maximum absolute atomic E-state index is 13.1. The van der Waals surface area contributed by atoms with Crippen molar-refractivity contribution in [1.29, 1.82) is 0 Å². The summed E-state index contributed by atoms with van der Waals surface area (Å²) in [5.74, 6) is -0.714. The zero-order valence-corrected chi connectivity index (χ0v) is 17.8. The van der Waals surface area contributed by atoms with Gasteiger partial charge in [0.15, 0.2) is 9.84 Å². The lowest BCUT2D eigenvalue weighted by Crippen LogP contribution is -2.53. The predicted octanol–water partition coefficient (Wildman–Crippen LogP) is 4.51. The van der Waals surface area contributed by atoms with Crippen molar-refractivity contribution in [2.45, 2.75) is 48.5 Å². The summed E-state index contributed by atoms with van der Waals surface area (Å²) in [6.07, 6.45) is -2.49. The third-order valence-corrected chi connectivity index (χ3v) is 8.40. The van der Waals surface area contributed by atoms with Crippen LogP contribution in [0.15, 0.2) is 47.5 Å². The number of carbonyl (C=O) groups is 1. The highest BCUT2D eigenvalue weighted by Crippen LogP contribution is 2.44. The van der Waals surface area contributed by atoms with Gasteiger partial charge in [-0.3, -0.25) is 4.79 Å². The smallest absolute Gasteiger partial charge is 0.348 e. The Labute approximate surface area is 177 Å². The van der Waals surface area contributed by atoms with Crippen LogP contribution in [0.2, 0.25) is 5.02 Å². The lowest BCUT2D eigenvalue weighted by molar-refractivity contribution is -0.137. The van der Waals surface area contributed by atoms with E-state index < -0.39 is 32.2 Å². The third kappa shape index (κ3) is 4.32. The van der Waals surface area contributed by atoms with Gasteiger partial charge in [-0.05, 0) is 62.9 Å². The number of alkyl halides is 3. The normalized spacial score (nSPS) is 19.8. The molecule has 0 bridgehead atoms. The molecule has 3 rings (SSSR count). The van der Waals surface area contributed by atoms with Crippen molar-refractivity contribution in [3.8, 4) is 0 Å². The number of pyridine rings is 1. The van der Waals surface area contributed by atoms with Gasteiger partial charge < -0.3 is 5.32 Å². The highest BCUT2D eigenvalue weighted by Gasteiger charge is 2.49. The van der Waals surface area contributed by atoms with E-state index in [2.05, 4.69) is 10.3 Å². The average molecular weight is 461 g/mol. The minimum Gasteiger partial charge on any atom is -0.348 e. The van der Waals surface area contributed by atoms with Gasteiger partial charge in [0, 0.05) is 12.2 Å². The van der Waals surface area contributed by atoms with Crippen LogP contribution in [-0.4, -0.2) is 30.1 Å². The Balaban J connectivity index is 1.69. The molecular weight excluding hydrogens is 441 g/mol. The molecule has 1 aliphatic rings. The lowest BCUT2D eigenvalue weighted by atomic mass is 9.73. The van der Waals surface area contributed by atoms with Crippen LogP contribution in [0.5, 0.6) is 0 Å². The van der Waals surface area contributed by atoms with Gasteiger partial charge >= 0.3 is 6.18 Å². The molecule has 0 aliphatic heterocycles. The standard InChI is InChI=1S/C20H20ClF3N2O3S/c1-19(2,30(28,29)16-5-3-4-12(10-16)20(22,23)24)13-8-15(9-13)26-18(27)17-7-6-14(21)11-25-17/h3-7,10-11,13,15H,8-9H2,1-2H3,(H,26,27). The van der Waals surface area contributed by atoms with E-state index in [4.69, 9.17) is 11.6 Å². The van der Waals surface area contributed by atoms with Crippen LogP contribution in [0.25, 0.3) is 0 Å². The Hall–Kier alpha value is -2.13. The number of amides is 1. The summed E-state index contributed by atoms with van der Waals surface area (Å²) in [6.45, 7) is 3.01. The summed E-state index contributed by atoms with van der Waals surface area (Å²) in [5, 5.41) is 3.19. The fraction of sp³-hybridized carbons (Fsp3) is 0.400. The SMILES string of the molecule is CC(C)(C1CC(NC(=O)c2ccc(Cl)cn2)C1)S(=O)(=O)c1cccc(C(F)(F)F)c1. The van der Waals surface area contributed by atoms with E-state index in [0.29, 0.717) is 23.9 Å². The fourth-order valence-corrected chi connectivity index (χ4v) is 5.33. The van der Waals surface area contributed by atoms with Crippen molar-refractivity contribution < 1.29 is 26.4 Å². The summed E-state index contributed by atoms with van der Waals surface area (Å²) in [5.41, 5.74) is -0.813. The van der Waals surface area contributed by atoms with Gasteiger partial charge in [0.25, 0.3) is 5.91 Å². The average Bonchev–Trinajstić information content (AvgIpc) is 2.63. The Bertz CT molecular complexity index is 1050. The second-order valence-corrected chi connectivity index (χ2v) is 10.8. The van der Waals surface area contributed by atoms with E-state index in [1.165, 1.54) is 38.2 Å². The quantitative estimate of drug-likeness (QED) is 0.712. The van der Waals surface area contributed by atoms with Gasteiger partial charge in [-0.25, -0.2) is 13.4 Å². The molecule has 5 nitrogen and oxygen atoms in total. The third-order valence-electron chi connectivity index (χ3n) is 5.58. The number of sulfone groups is 1. The maximum atomic E-state index is 13.1. The van der Waals surface area contributed by atoms with Crippen LogP contribution >= 0.6 is 11.6 Å². The summed E-state index contributed by atoms with van der Waals surface area (Å²) in [6, 6.07) is 6.56. The number of benzene rings is 1. The second-order valence-electron chi connectivity index (χ2n) is 7.83. The lowest BCUT2D eigenvalue weighted by Gasteiger charge is -2.44. The van der Waals surface area contributed by atoms with Crippen LogP contribution in [0, 0.1) is 5.92 Å². The molecule has 0 atom stereocenters. The summed E-state index contributed by atoms with van der Waals surface area (Å²) in [7, 11) is -4.03. The number of carbonyl (C=O) groups excluding carboxylic acids is 1. The number of hydrogen-bond acceptors (Lipinski definition) is 4. The van der Waals surface area contributed by atoms with Crippen molar-refractivity contribution in [3.05, 3.63) is 58.9 Å². The molecule has 1 aromatic carbocycles. The number of nitrogens with one attached hydrogen (secondary N) is 1. The fourth-order valence-electron chi connectivity index (χ4n) is 3.44. The Morgan fingerprint density at radius 3 is 2.40 bits per heavy atom. The molecule has 0 radical (unpaired) electrons. The van der Waals surface area contributed by atoms with Crippen LogP contribution in [0.1, 0.15) is 42.7 Å². The molecule has 30 heavy (non-hydrogen) atoms. The molecule has 0 unspecified atom stereocenters. The number of rotatable bonds is 5. The van der Waals surface area contributed by atoms with E-state index in [0.717, 1.165) is 12.1 Å². The van der Waals surface area contributed by atoms with Crippen LogP contribution in [0.3, 0.4) is 0 Å². The van der Waals surface area contributed by atoms with Gasteiger partial charge in [0.1, 0.15) is 5.69 Å². The minimum absolute atomic E-state index is 0.193. The second kappa shape index (κ2) is 7.85. The number of hydrogen-bond donors (Lipinski definition) is 1. The number of nitrogens with zero attached hydrogens (tertiary/aromatic N) is 1. The minimum atomic E-state index is -4.63. The van der Waals surface area contributed by atoms with Crippen molar-refractivity contribution in [2.24, 2.45) is 5.92 Å². The zero-order chi connectivity index (χ0) is 22.3. The molecule has 0 spiro atoms. The van der Waals surface area contributed by atoms with Gasteiger partial charge in [-0.1, -0.05) is 17.7 Å². The summed E-state index contributed by atoms with van der Waals surface area (Å²) in [4.78, 5) is 15.8. The largest absolute Gasteiger partial charge is 0.416 e. The summed E-state index contributed by atoms with van der Waals surface area (Å²) < 4.78 is 63.8. The van der Waals surface area contributed by atoms with E-state index in [9.17, 15) is 26.4 Å². The maximum Gasteiger partial charge on any atom is 0.416 e. The molecular formula is C20H20ClF3N2O3S. The van der Waals surface area contributed by atoms with Crippen LogP contribution in [0.4, 0.5) is 13.2 Å². The molecule has 10 heteroatoms. The molecule has 2 aromatic rings. The molecule has 162 valence electrons. The topological polar surface area (TPSA) is 76.1 Å². The Morgan fingerprint density at radius 1 is 1.17 bits per heavy atom. The van der Waals surface area contributed by atoms with E-state index in [1.807, 2.05) is 0 Å². The number of aromatic nitrogens is 1. The van der Waals surface area contributed by atoms with Crippen molar-refractivity contribution in [3.63, 3.8) is 0 Å². The molecule has 1 heterocycles. The summed E-state index contributed by atoms with van der Waals surface area (Å²) >= 11 is 5.74. The van der Waals surface area contributed by atoms with E-state index in [1.54, 1.807) is 0 Å². The molecule has 1 amide bonds. The molecule has 1 aliphatic carbocycles. The molecule has 0 saturated heterocycles. The van der Waals surface area contributed by atoms with Crippen molar-refractivity contribution in [1.82, 2.24) is 10.3 Å². The van der Waals surface area contributed by atoms with Crippen LogP contribution < -0.4 is 5.32 Å². The highest BCUT2D eigenvalue weighted by molar-refractivity contribution is 7.92. The zero-order valence-electron chi connectivity index (χ0n) is 16.2. The Morgan fingerprint density at radius 2 is 1.83 bits per heavy atom. The Kier molecular flexibility index (Phi) is 5.90. The van der Waals surface area contributed by atoms with Crippen LogP contribution in [-0.2, 0) is 16.0 Å². The molecule has 1 saturated carbocycles. The first-order valence-corrected chi connectivity index (χ1v) is 11.0. The van der Waals surface area contributed by atoms with E-state index >= 15 is 0 Å². The van der Waals surface area contributed by atoms with Gasteiger partial charge in [-0.15, -0.1) is 0 Å². The molecule has 1 aromatic heterocycles. The first-order valence-electron chi connectivity index (χ1n) is 9.16. The predicted molar refractivity (Wildman–Crippen MR) is 106 cm³/mol. The van der Waals surface area contributed by atoms with Crippen molar-refractivity contribution >= 4 is 27.3 Å². The molecule has 1 fully saturated rings. The van der Waals surface area contributed by atoms with Gasteiger partial charge in [0.2, 0.25) is 0 Å². The highest BCUT2D eigenvalue weighted by atomic mass is 35.5. The monoisotopic (exact) mass is 460 g/mol. The van der Waals surface area contributed by atoms with Crippen molar-refractivity contribution in [2.75, 3.05) is 0 Å². The van der Waals surface area contributed by atoms with Gasteiger partial charge in [0.05, 0.1) is 20.2 Å².